The maximum Gasteiger partial charge on any atom is 0.333 e. The molecule has 0 heterocycles. The predicted octanol–water partition coefficient (Wildman–Crippen LogP) is 3.88. The topological polar surface area (TPSA) is 65.0 Å². The van der Waals surface area contributed by atoms with E-state index >= 15 is 0 Å². The summed E-state index contributed by atoms with van der Waals surface area (Å²) in [5.41, 5.74) is 0.280. The van der Waals surface area contributed by atoms with Crippen molar-refractivity contribution in [2.24, 2.45) is 0 Å². The molecule has 0 saturated heterocycles. The van der Waals surface area contributed by atoms with Gasteiger partial charge in [0.2, 0.25) is 0 Å². The molecule has 1 unspecified atom stereocenters. The highest BCUT2D eigenvalue weighted by molar-refractivity contribution is 5.93. The van der Waals surface area contributed by atoms with Gasteiger partial charge in [0.15, 0.2) is 6.10 Å². The SMILES string of the molecule is C=C(C)C(=O)OC(CO)COc1ccc(OCCCC)c2ccccc12. The summed E-state index contributed by atoms with van der Waals surface area (Å²) in [7, 11) is 0. The van der Waals surface area contributed by atoms with Gasteiger partial charge in [-0.25, -0.2) is 4.79 Å². The Hall–Kier alpha value is -2.53. The van der Waals surface area contributed by atoms with Crippen LogP contribution in [-0.4, -0.2) is 37.0 Å². The first-order chi connectivity index (χ1) is 12.6. The van der Waals surface area contributed by atoms with Crippen LogP contribution in [0.1, 0.15) is 26.7 Å². The van der Waals surface area contributed by atoms with Crippen LogP contribution in [0.5, 0.6) is 11.5 Å². The van der Waals surface area contributed by atoms with E-state index in [1.807, 2.05) is 36.4 Å². The Labute approximate surface area is 154 Å². The van der Waals surface area contributed by atoms with E-state index < -0.39 is 12.1 Å². The summed E-state index contributed by atoms with van der Waals surface area (Å²) in [5, 5.41) is 11.3. The van der Waals surface area contributed by atoms with Gasteiger partial charge < -0.3 is 19.3 Å². The van der Waals surface area contributed by atoms with Gasteiger partial charge in [-0.05, 0) is 25.5 Å². The van der Waals surface area contributed by atoms with Crippen LogP contribution in [0.4, 0.5) is 0 Å². The summed E-state index contributed by atoms with van der Waals surface area (Å²) in [5.74, 6) is 0.916. The van der Waals surface area contributed by atoms with Gasteiger partial charge in [0.25, 0.3) is 0 Å². The van der Waals surface area contributed by atoms with Crippen molar-refractivity contribution in [2.45, 2.75) is 32.8 Å². The van der Waals surface area contributed by atoms with Crippen LogP contribution < -0.4 is 9.47 Å². The number of hydrogen-bond acceptors (Lipinski definition) is 5. The van der Waals surface area contributed by atoms with Gasteiger partial charge in [0.1, 0.15) is 18.1 Å². The lowest BCUT2D eigenvalue weighted by Gasteiger charge is -2.18. The van der Waals surface area contributed by atoms with Crippen molar-refractivity contribution in [3.63, 3.8) is 0 Å². The molecule has 5 heteroatoms. The molecule has 26 heavy (non-hydrogen) atoms. The molecule has 1 N–H and O–H groups in total. The second kappa shape index (κ2) is 9.82. The highest BCUT2D eigenvalue weighted by Gasteiger charge is 2.16. The number of hydrogen-bond donors (Lipinski definition) is 1. The summed E-state index contributed by atoms with van der Waals surface area (Å²) >= 11 is 0. The molecule has 0 aliphatic rings. The molecule has 2 aromatic carbocycles. The van der Waals surface area contributed by atoms with Crippen LogP contribution in [0.2, 0.25) is 0 Å². The van der Waals surface area contributed by atoms with Crippen LogP contribution in [0, 0.1) is 0 Å². The number of carbonyl (C=O) groups is 1. The summed E-state index contributed by atoms with van der Waals surface area (Å²) in [6.45, 7) is 7.61. The molecule has 0 aliphatic heterocycles. The van der Waals surface area contributed by atoms with Crippen LogP contribution in [0.25, 0.3) is 10.8 Å². The first-order valence-corrected chi connectivity index (χ1v) is 8.81. The Morgan fingerprint density at radius 3 is 2.27 bits per heavy atom. The lowest BCUT2D eigenvalue weighted by molar-refractivity contribution is -0.147. The second-order valence-electron chi connectivity index (χ2n) is 6.11. The Kier molecular flexibility index (Phi) is 7.48. The number of esters is 1. The third-order valence-corrected chi connectivity index (χ3v) is 3.85. The molecule has 0 saturated carbocycles. The summed E-state index contributed by atoms with van der Waals surface area (Å²) < 4.78 is 16.8. The fraction of sp³-hybridized carbons (Fsp3) is 0.381. The van der Waals surface area contributed by atoms with Gasteiger partial charge in [0, 0.05) is 16.3 Å². The normalized spacial score (nSPS) is 11.8. The van der Waals surface area contributed by atoms with Crippen LogP contribution in [0.3, 0.4) is 0 Å². The largest absolute Gasteiger partial charge is 0.493 e. The average Bonchev–Trinajstić information content (AvgIpc) is 2.65. The number of fused-ring (bicyclic) bond motifs is 1. The van der Waals surface area contributed by atoms with Crippen LogP contribution in [-0.2, 0) is 9.53 Å². The predicted molar refractivity (Wildman–Crippen MR) is 102 cm³/mol. The summed E-state index contributed by atoms with van der Waals surface area (Å²) in [6.07, 6.45) is 1.32. The molecular formula is C21H26O5. The van der Waals surface area contributed by atoms with Gasteiger partial charge >= 0.3 is 5.97 Å². The molecule has 0 bridgehead atoms. The number of aliphatic hydroxyl groups excluding tert-OH is 1. The van der Waals surface area contributed by atoms with Crippen molar-refractivity contribution in [1.82, 2.24) is 0 Å². The van der Waals surface area contributed by atoms with E-state index in [-0.39, 0.29) is 18.8 Å². The second-order valence-corrected chi connectivity index (χ2v) is 6.11. The molecule has 0 aromatic heterocycles. The maximum absolute atomic E-state index is 11.6. The van der Waals surface area contributed by atoms with E-state index in [0.29, 0.717) is 12.4 Å². The molecule has 2 rings (SSSR count). The minimum atomic E-state index is -0.751. The zero-order chi connectivity index (χ0) is 18.9. The van der Waals surface area contributed by atoms with Gasteiger partial charge in [-0.15, -0.1) is 0 Å². The molecule has 2 aromatic rings. The Morgan fingerprint density at radius 1 is 1.12 bits per heavy atom. The molecule has 0 aliphatic carbocycles. The molecule has 5 nitrogen and oxygen atoms in total. The Balaban J connectivity index is 2.13. The number of ether oxygens (including phenoxy) is 3. The van der Waals surface area contributed by atoms with E-state index in [0.717, 1.165) is 29.4 Å². The van der Waals surface area contributed by atoms with E-state index in [9.17, 15) is 9.90 Å². The quantitative estimate of drug-likeness (QED) is 0.397. The summed E-state index contributed by atoms with van der Waals surface area (Å²) in [4.78, 5) is 11.6. The lowest BCUT2D eigenvalue weighted by atomic mass is 10.1. The van der Waals surface area contributed by atoms with Gasteiger partial charge in [-0.2, -0.15) is 0 Å². The Morgan fingerprint density at radius 2 is 1.73 bits per heavy atom. The van der Waals surface area contributed by atoms with Gasteiger partial charge in [0.05, 0.1) is 13.2 Å². The molecule has 0 fully saturated rings. The number of benzene rings is 2. The monoisotopic (exact) mass is 358 g/mol. The first-order valence-electron chi connectivity index (χ1n) is 8.81. The molecular weight excluding hydrogens is 332 g/mol. The molecule has 1 atom stereocenters. The van der Waals surface area contributed by atoms with E-state index in [4.69, 9.17) is 14.2 Å². The van der Waals surface area contributed by atoms with E-state index in [1.54, 1.807) is 6.92 Å². The molecule has 0 spiro atoms. The van der Waals surface area contributed by atoms with Gasteiger partial charge in [-0.3, -0.25) is 0 Å². The van der Waals surface area contributed by atoms with E-state index in [1.165, 1.54) is 0 Å². The number of aliphatic hydroxyl groups is 1. The van der Waals surface area contributed by atoms with Crippen molar-refractivity contribution >= 4 is 16.7 Å². The fourth-order valence-electron chi connectivity index (χ4n) is 2.38. The highest BCUT2D eigenvalue weighted by atomic mass is 16.6. The number of carbonyl (C=O) groups excluding carboxylic acids is 1. The third kappa shape index (κ3) is 5.23. The Bertz CT molecular complexity index is 753. The van der Waals surface area contributed by atoms with E-state index in [2.05, 4.69) is 13.5 Å². The van der Waals surface area contributed by atoms with Crippen LogP contribution in [0.15, 0.2) is 48.6 Å². The third-order valence-electron chi connectivity index (χ3n) is 3.85. The van der Waals surface area contributed by atoms with Crippen LogP contribution >= 0.6 is 0 Å². The van der Waals surface area contributed by atoms with Crippen molar-refractivity contribution in [3.8, 4) is 11.5 Å². The van der Waals surface area contributed by atoms with Crippen molar-refractivity contribution in [1.29, 1.82) is 0 Å². The zero-order valence-electron chi connectivity index (χ0n) is 15.4. The number of unbranched alkanes of at least 4 members (excludes halogenated alkanes) is 1. The van der Waals surface area contributed by atoms with Crippen molar-refractivity contribution in [3.05, 3.63) is 48.6 Å². The molecule has 0 radical (unpaired) electrons. The fourth-order valence-corrected chi connectivity index (χ4v) is 2.38. The summed E-state index contributed by atoms with van der Waals surface area (Å²) in [6, 6.07) is 11.5. The highest BCUT2D eigenvalue weighted by Crippen LogP contribution is 2.33. The van der Waals surface area contributed by atoms with Gasteiger partial charge in [-0.1, -0.05) is 44.2 Å². The smallest absolute Gasteiger partial charge is 0.333 e. The minimum absolute atomic E-state index is 0.0511. The standard InChI is InChI=1S/C21H26O5/c1-4-5-12-24-19-10-11-20(18-9-7-6-8-17(18)19)25-14-16(13-22)26-21(23)15(2)3/h6-11,16,22H,2,4-5,12-14H2,1,3H3. The van der Waals surface area contributed by atoms with Crippen molar-refractivity contribution < 1.29 is 24.1 Å². The molecule has 0 amide bonds. The number of rotatable bonds is 10. The molecule has 140 valence electrons. The lowest BCUT2D eigenvalue weighted by Crippen LogP contribution is -2.28. The first kappa shape index (κ1) is 19.8. The zero-order valence-corrected chi connectivity index (χ0v) is 15.4. The van der Waals surface area contributed by atoms with Crippen molar-refractivity contribution in [2.75, 3.05) is 19.8 Å². The maximum atomic E-state index is 11.6. The minimum Gasteiger partial charge on any atom is -0.493 e. The average molecular weight is 358 g/mol.